The SMILES string of the molecule is CC(=O)CO.CCC(=O)CO. The molecule has 0 heterocycles. The van der Waals surface area contributed by atoms with Crippen molar-refractivity contribution in [2.24, 2.45) is 0 Å². The summed E-state index contributed by atoms with van der Waals surface area (Å²) in [7, 11) is 0. The highest BCUT2D eigenvalue weighted by Gasteiger charge is 1.88. The standard InChI is InChI=1S/C4H8O2.C3H6O2/c1-2-4(6)3-5;1-3(5)2-4/h5H,2-3H2,1H3;4H,2H2,1H3. The zero-order valence-electron chi connectivity index (χ0n) is 6.83. The summed E-state index contributed by atoms with van der Waals surface area (Å²) in [5, 5.41) is 15.8. The van der Waals surface area contributed by atoms with Gasteiger partial charge in [-0.3, -0.25) is 9.59 Å². The molecule has 0 saturated heterocycles. The molecular formula is C7H14O4. The number of hydrogen-bond acceptors (Lipinski definition) is 4. The van der Waals surface area contributed by atoms with E-state index in [1.807, 2.05) is 0 Å². The van der Waals surface area contributed by atoms with E-state index in [-0.39, 0.29) is 24.8 Å². The van der Waals surface area contributed by atoms with Crippen LogP contribution in [-0.2, 0) is 9.59 Å². The molecule has 2 N–H and O–H groups in total. The molecular weight excluding hydrogens is 148 g/mol. The first kappa shape index (κ1) is 12.9. The van der Waals surface area contributed by atoms with Crippen molar-refractivity contribution >= 4 is 11.6 Å². The van der Waals surface area contributed by atoms with Crippen LogP contribution in [0.3, 0.4) is 0 Å². The van der Waals surface area contributed by atoms with Gasteiger partial charge >= 0.3 is 0 Å². The third-order valence-corrected chi connectivity index (χ3v) is 0.793. The lowest BCUT2D eigenvalue weighted by Gasteiger charge is -1.81. The summed E-state index contributed by atoms with van der Waals surface area (Å²) in [6.45, 7) is 2.41. The predicted molar refractivity (Wildman–Crippen MR) is 40.2 cm³/mol. The number of rotatable bonds is 3. The molecule has 0 aliphatic carbocycles. The average molecular weight is 162 g/mol. The summed E-state index contributed by atoms with van der Waals surface area (Å²) in [4.78, 5) is 19.5. The lowest BCUT2D eigenvalue weighted by molar-refractivity contribution is -0.121. The van der Waals surface area contributed by atoms with Crippen LogP contribution in [0.25, 0.3) is 0 Å². The number of carbonyl (C=O) groups is 2. The zero-order valence-corrected chi connectivity index (χ0v) is 6.83. The molecule has 0 aliphatic rings. The van der Waals surface area contributed by atoms with Crippen LogP contribution in [0.4, 0.5) is 0 Å². The average Bonchev–Trinajstić information content (AvgIpc) is 2.04. The first-order valence-corrected chi connectivity index (χ1v) is 3.31. The number of ketones is 2. The van der Waals surface area contributed by atoms with Crippen molar-refractivity contribution in [2.45, 2.75) is 20.3 Å². The van der Waals surface area contributed by atoms with Gasteiger partial charge in [0.25, 0.3) is 0 Å². The van der Waals surface area contributed by atoms with E-state index in [4.69, 9.17) is 10.2 Å². The van der Waals surface area contributed by atoms with E-state index in [1.54, 1.807) is 6.92 Å². The van der Waals surface area contributed by atoms with Crippen LogP contribution in [0.1, 0.15) is 20.3 Å². The third-order valence-electron chi connectivity index (χ3n) is 0.793. The van der Waals surface area contributed by atoms with Crippen LogP contribution in [0, 0.1) is 0 Å². The molecule has 0 amide bonds. The highest BCUT2D eigenvalue weighted by molar-refractivity contribution is 5.78. The molecule has 0 atom stereocenters. The summed E-state index contributed by atoms with van der Waals surface area (Å²) in [6.07, 6.45) is 0.441. The van der Waals surface area contributed by atoms with E-state index < -0.39 is 0 Å². The fraction of sp³-hybridized carbons (Fsp3) is 0.714. The Balaban J connectivity index is 0. The van der Waals surface area contributed by atoms with Crippen molar-refractivity contribution in [3.63, 3.8) is 0 Å². The maximum absolute atomic E-state index is 9.93. The molecule has 0 radical (unpaired) electrons. The highest BCUT2D eigenvalue weighted by atomic mass is 16.3. The Labute approximate surface area is 65.8 Å². The van der Waals surface area contributed by atoms with E-state index in [2.05, 4.69) is 0 Å². The second-order valence-corrected chi connectivity index (χ2v) is 1.91. The fourth-order valence-corrected chi connectivity index (χ4v) is 0.112. The first-order valence-electron chi connectivity index (χ1n) is 3.31. The monoisotopic (exact) mass is 162 g/mol. The fourth-order valence-electron chi connectivity index (χ4n) is 0.112. The van der Waals surface area contributed by atoms with Gasteiger partial charge in [0.05, 0.1) is 0 Å². The van der Waals surface area contributed by atoms with Gasteiger partial charge in [-0.05, 0) is 6.92 Å². The van der Waals surface area contributed by atoms with Crippen LogP contribution in [0.2, 0.25) is 0 Å². The molecule has 0 unspecified atom stereocenters. The summed E-state index contributed by atoms with van der Waals surface area (Å²) in [5.41, 5.74) is 0. The summed E-state index contributed by atoms with van der Waals surface area (Å²) in [5.74, 6) is -0.292. The van der Waals surface area contributed by atoms with E-state index in [1.165, 1.54) is 6.92 Å². The van der Waals surface area contributed by atoms with Gasteiger partial charge in [0, 0.05) is 6.42 Å². The normalized spacial score (nSPS) is 8.00. The van der Waals surface area contributed by atoms with E-state index in [0.29, 0.717) is 6.42 Å². The Hall–Kier alpha value is -0.740. The van der Waals surface area contributed by atoms with Gasteiger partial charge in [-0.2, -0.15) is 0 Å². The molecule has 11 heavy (non-hydrogen) atoms. The molecule has 0 aliphatic heterocycles. The molecule has 0 aromatic rings. The smallest absolute Gasteiger partial charge is 0.157 e. The number of carbonyl (C=O) groups excluding carboxylic acids is 2. The number of aliphatic hydroxyl groups is 2. The van der Waals surface area contributed by atoms with Crippen LogP contribution < -0.4 is 0 Å². The molecule has 66 valence electrons. The number of Topliss-reactive ketones (excluding diaryl/α,β-unsaturated/α-hetero) is 2. The molecule has 0 bridgehead atoms. The summed E-state index contributed by atoms with van der Waals surface area (Å²) >= 11 is 0. The Morgan fingerprint density at radius 3 is 1.55 bits per heavy atom. The summed E-state index contributed by atoms with van der Waals surface area (Å²) in [6, 6.07) is 0. The van der Waals surface area contributed by atoms with Crippen LogP contribution in [-0.4, -0.2) is 35.0 Å². The Bertz CT molecular complexity index is 114. The van der Waals surface area contributed by atoms with E-state index in [0.717, 1.165) is 0 Å². The highest BCUT2D eigenvalue weighted by Crippen LogP contribution is 1.73. The minimum Gasteiger partial charge on any atom is -0.389 e. The third kappa shape index (κ3) is 17.6. The maximum Gasteiger partial charge on any atom is 0.157 e. The van der Waals surface area contributed by atoms with Crippen molar-refractivity contribution in [1.29, 1.82) is 0 Å². The van der Waals surface area contributed by atoms with Crippen molar-refractivity contribution in [3.05, 3.63) is 0 Å². The molecule has 4 nitrogen and oxygen atoms in total. The number of aliphatic hydroxyl groups excluding tert-OH is 2. The van der Waals surface area contributed by atoms with Gasteiger partial charge in [-0.1, -0.05) is 6.92 Å². The van der Waals surface area contributed by atoms with Crippen LogP contribution in [0.15, 0.2) is 0 Å². The van der Waals surface area contributed by atoms with Crippen molar-refractivity contribution in [3.8, 4) is 0 Å². The molecule has 0 fully saturated rings. The van der Waals surface area contributed by atoms with E-state index in [9.17, 15) is 9.59 Å². The number of hydrogen-bond donors (Lipinski definition) is 2. The topological polar surface area (TPSA) is 74.6 Å². The lowest BCUT2D eigenvalue weighted by atomic mass is 10.3. The quantitative estimate of drug-likeness (QED) is 0.588. The van der Waals surface area contributed by atoms with Gasteiger partial charge in [0.2, 0.25) is 0 Å². The predicted octanol–water partition coefficient (Wildman–Crippen LogP) is -0.474. The van der Waals surface area contributed by atoms with Crippen molar-refractivity contribution in [1.82, 2.24) is 0 Å². The van der Waals surface area contributed by atoms with Gasteiger partial charge < -0.3 is 10.2 Å². The first-order chi connectivity index (χ1) is 5.08. The minimum absolute atomic E-state index is 0.102. The molecule has 0 aromatic carbocycles. The largest absolute Gasteiger partial charge is 0.389 e. The minimum atomic E-state index is -0.333. The second kappa shape index (κ2) is 9.26. The Morgan fingerprint density at radius 2 is 1.55 bits per heavy atom. The van der Waals surface area contributed by atoms with Crippen molar-refractivity contribution < 1.29 is 19.8 Å². The van der Waals surface area contributed by atoms with Gasteiger partial charge in [0.15, 0.2) is 11.6 Å². The molecule has 0 rings (SSSR count). The second-order valence-electron chi connectivity index (χ2n) is 1.91. The molecule has 0 aromatic heterocycles. The molecule has 0 spiro atoms. The Morgan fingerprint density at radius 1 is 1.18 bits per heavy atom. The van der Waals surface area contributed by atoms with Crippen molar-refractivity contribution in [2.75, 3.05) is 13.2 Å². The van der Waals surface area contributed by atoms with Gasteiger partial charge in [-0.25, -0.2) is 0 Å². The molecule has 4 heteroatoms. The zero-order chi connectivity index (χ0) is 9.28. The molecule has 0 saturated carbocycles. The van der Waals surface area contributed by atoms with Crippen LogP contribution >= 0.6 is 0 Å². The lowest BCUT2D eigenvalue weighted by Crippen LogP contribution is -1.99. The van der Waals surface area contributed by atoms with E-state index >= 15 is 0 Å². The Kier molecular flexibility index (Phi) is 10.9. The van der Waals surface area contributed by atoms with Gasteiger partial charge in [0.1, 0.15) is 13.2 Å². The van der Waals surface area contributed by atoms with Crippen LogP contribution in [0.5, 0.6) is 0 Å². The van der Waals surface area contributed by atoms with Gasteiger partial charge in [-0.15, -0.1) is 0 Å². The summed E-state index contributed by atoms with van der Waals surface area (Å²) < 4.78 is 0. The maximum atomic E-state index is 9.93.